The van der Waals surface area contributed by atoms with Gasteiger partial charge in [0.1, 0.15) is 5.82 Å². The highest BCUT2D eigenvalue weighted by molar-refractivity contribution is 5.89. The van der Waals surface area contributed by atoms with Crippen LogP contribution in [0.5, 0.6) is 0 Å². The van der Waals surface area contributed by atoms with Crippen molar-refractivity contribution in [3.8, 4) is 0 Å². The predicted octanol–water partition coefficient (Wildman–Crippen LogP) is 2.90. The molecule has 2 rings (SSSR count). The van der Waals surface area contributed by atoms with Gasteiger partial charge in [-0.2, -0.15) is 0 Å². The Morgan fingerprint density at radius 2 is 2.17 bits per heavy atom. The van der Waals surface area contributed by atoms with Crippen LogP contribution in [-0.4, -0.2) is 48.3 Å². The number of carbonyl (C=O) groups excluding carboxylic acids is 1. The maximum atomic E-state index is 14.2. The zero-order valence-corrected chi connectivity index (χ0v) is 14.2. The van der Waals surface area contributed by atoms with Gasteiger partial charge in [-0.15, -0.1) is 0 Å². The zero-order valence-electron chi connectivity index (χ0n) is 14.2. The smallest absolute Gasteiger partial charge is 0.321 e. The van der Waals surface area contributed by atoms with Crippen LogP contribution in [0, 0.1) is 11.7 Å². The summed E-state index contributed by atoms with van der Waals surface area (Å²) in [4.78, 5) is 15.6. The third-order valence-electron chi connectivity index (χ3n) is 4.56. The standard InChI is InChI=1S/C17H26FN3O2/c1-11(2)20(4)15-6-5-13(9-14(15)18)19-17(23)21-8-7-12(3)16(22)10-21/h5-6,9,11-12,16,22H,7-8,10H2,1-4H3,(H,19,23). The number of aliphatic hydroxyl groups is 1. The summed E-state index contributed by atoms with van der Waals surface area (Å²) in [7, 11) is 1.83. The number of urea groups is 1. The number of nitrogens with one attached hydrogen (secondary N) is 1. The number of amides is 2. The van der Waals surface area contributed by atoms with Crippen LogP contribution in [-0.2, 0) is 0 Å². The van der Waals surface area contributed by atoms with Crippen molar-refractivity contribution >= 4 is 17.4 Å². The molecule has 5 nitrogen and oxygen atoms in total. The van der Waals surface area contributed by atoms with Crippen LogP contribution in [0.2, 0.25) is 0 Å². The highest BCUT2D eigenvalue weighted by Gasteiger charge is 2.27. The minimum atomic E-state index is -0.506. The molecule has 23 heavy (non-hydrogen) atoms. The summed E-state index contributed by atoms with van der Waals surface area (Å²) < 4.78 is 14.2. The first-order chi connectivity index (χ1) is 10.8. The van der Waals surface area contributed by atoms with Gasteiger partial charge in [-0.3, -0.25) is 0 Å². The lowest BCUT2D eigenvalue weighted by atomic mass is 9.96. The van der Waals surface area contributed by atoms with Gasteiger partial charge < -0.3 is 20.2 Å². The van der Waals surface area contributed by atoms with E-state index in [9.17, 15) is 14.3 Å². The van der Waals surface area contributed by atoms with Gasteiger partial charge >= 0.3 is 6.03 Å². The number of hydrogen-bond donors (Lipinski definition) is 2. The number of rotatable bonds is 3. The monoisotopic (exact) mass is 323 g/mol. The van der Waals surface area contributed by atoms with E-state index in [0.717, 1.165) is 6.42 Å². The first-order valence-electron chi connectivity index (χ1n) is 8.06. The topological polar surface area (TPSA) is 55.8 Å². The molecule has 1 fully saturated rings. The Labute approximate surface area is 137 Å². The highest BCUT2D eigenvalue weighted by Crippen LogP contribution is 2.24. The summed E-state index contributed by atoms with van der Waals surface area (Å²) in [6.07, 6.45) is 0.259. The number of carbonyl (C=O) groups is 1. The number of halogens is 1. The Bertz CT molecular complexity index is 565. The highest BCUT2D eigenvalue weighted by atomic mass is 19.1. The third-order valence-corrected chi connectivity index (χ3v) is 4.56. The lowest BCUT2D eigenvalue weighted by Gasteiger charge is -2.34. The lowest BCUT2D eigenvalue weighted by Crippen LogP contribution is -2.47. The predicted molar refractivity (Wildman–Crippen MR) is 90.3 cm³/mol. The molecule has 1 aromatic carbocycles. The van der Waals surface area contributed by atoms with E-state index in [4.69, 9.17) is 0 Å². The maximum absolute atomic E-state index is 14.2. The number of nitrogens with zero attached hydrogens (tertiary/aromatic N) is 2. The number of aliphatic hydroxyl groups excluding tert-OH is 1. The molecule has 2 atom stereocenters. The molecule has 0 aliphatic carbocycles. The molecule has 1 aliphatic rings. The second kappa shape index (κ2) is 7.17. The summed E-state index contributed by atoms with van der Waals surface area (Å²) in [5.74, 6) is -0.173. The Hall–Kier alpha value is -1.82. The number of benzene rings is 1. The van der Waals surface area contributed by atoms with Crippen LogP contribution < -0.4 is 10.2 Å². The lowest BCUT2D eigenvalue weighted by molar-refractivity contribution is 0.0464. The average molecular weight is 323 g/mol. The number of β-amino-alcohol motifs (C(OH)–C–C–N with tert-alkyl or cyclic N) is 1. The van der Waals surface area contributed by atoms with Crippen molar-refractivity contribution in [2.75, 3.05) is 30.4 Å². The molecule has 6 heteroatoms. The van der Waals surface area contributed by atoms with E-state index < -0.39 is 6.10 Å². The van der Waals surface area contributed by atoms with Crippen LogP contribution >= 0.6 is 0 Å². The molecule has 1 aromatic rings. The normalized spacial score (nSPS) is 21.4. The van der Waals surface area contributed by atoms with Crippen molar-refractivity contribution < 1.29 is 14.3 Å². The van der Waals surface area contributed by atoms with Crippen molar-refractivity contribution in [2.24, 2.45) is 5.92 Å². The minimum absolute atomic E-state index is 0.182. The first kappa shape index (κ1) is 17.5. The molecule has 2 amide bonds. The molecule has 2 unspecified atom stereocenters. The van der Waals surface area contributed by atoms with Crippen molar-refractivity contribution in [1.82, 2.24) is 4.90 Å². The van der Waals surface area contributed by atoms with Gasteiger partial charge in [-0.1, -0.05) is 6.92 Å². The minimum Gasteiger partial charge on any atom is -0.391 e. The molecule has 2 N–H and O–H groups in total. The van der Waals surface area contributed by atoms with Gasteiger partial charge in [0.15, 0.2) is 0 Å². The second-order valence-corrected chi connectivity index (χ2v) is 6.58. The largest absolute Gasteiger partial charge is 0.391 e. The third kappa shape index (κ3) is 4.13. The van der Waals surface area contributed by atoms with Gasteiger partial charge in [0, 0.05) is 31.9 Å². The first-order valence-corrected chi connectivity index (χ1v) is 8.06. The van der Waals surface area contributed by atoms with E-state index >= 15 is 0 Å². The van der Waals surface area contributed by atoms with Gasteiger partial charge in [0.05, 0.1) is 11.8 Å². The SMILES string of the molecule is CC1CCN(C(=O)Nc2ccc(N(C)C(C)C)c(F)c2)CC1O. The molecule has 1 aliphatic heterocycles. The molecule has 1 saturated heterocycles. The van der Waals surface area contributed by atoms with Crippen molar-refractivity contribution in [3.05, 3.63) is 24.0 Å². The molecule has 0 radical (unpaired) electrons. The van der Waals surface area contributed by atoms with Gasteiger partial charge in [-0.05, 0) is 44.4 Å². The molecule has 0 saturated carbocycles. The van der Waals surface area contributed by atoms with Crippen molar-refractivity contribution in [1.29, 1.82) is 0 Å². The molecule has 0 aromatic heterocycles. The van der Waals surface area contributed by atoms with E-state index in [1.807, 2.05) is 32.7 Å². The molecule has 0 spiro atoms. The number of hydrogen-bond acceptors (Lipinski definition) is 3. The Kier molecular flexibility index (Phi) is 5.46. The van der Waals surface area contributed by atoms with Gasteiger partial charge in [0.2, 0.25) is 0 Å². The summed E-state index contributed by atoms with van der Waals surface area (Å²) >= 11 is 0. The fourth-order valence-corrected chi connectivity index (χ4v) is 2.58. The summed E-state index contributed by atoms with van der Waals surface area (Å²) in [5.41, 5.74) is 0.918. The average Bonchev–Trinajstić information content (AvgIpc) is 2.49. The van der Waals surface area contributed by atoms with E-state index in [2.05, 4.69) is 5.32 Å². The zero-order chi connectivity index (χ0) is 17.1. The summed E-state index contributed by atoms with van der Waals surface area (Å²) in [5, 5.41) is 12.6. The molecule has 128 valence electrons. The van der Waals surface area contributed by atoms with E-state index in [1.165, 1.54) is 6.07 Å². The number of piperidine rings is 1. The Morgan fingerprint density at radius 1 is 1.48 bits per heavy atom. The Balaban J connectivity index is 2.03. The maximum Gasteiger partial charge on any atom is 0.321 e. The van der Waals surface area contributed by atoms with Gasteiger partial charge in [-0.25, -0.2) is 9.18 Å². The van der Waals surface area contributed by atoms with Crippen LogP contribution in [0.1, 0.15) is 27.2 Å². The van der Waals surface area contributed by atoms with Crippen LogP contribution in [0.15, 0.2) is 18.2 Å². The van der Waals surface area contributed by atoms with E-state index in [-0.39, 0.29) is 23.8 Å². The Morgan fingerprint density at radius 3 is 2.74 bits per heavy atom. The van der Waals surface area contributed by atoms with E-state index in [1.54, 1.807) is 17.0 Å². The fraction of sp³-hybridized carbons (Fsp3) is 0.588. The second-order valence-electron chi connectivity index (χ2n) is 6.58. The fourth-order valence-electron chi connectivity index (χ4n) is 2.58. The van der Waals surface area contributed by atoms with Crippen LogP contribution in [0.3, 0.4) is 0 Å². The van der Waals surface area contributed by atoms with E-state index in [0.29, 0.717) is 24.5 Å². The number of anilines is 2. The van der Waals surface area contributed by atoms with Crippen LogP contribution in [0.4, 0.5) is 20.6 Å². The molecule has 1 heterocycles. The molecular weight excluding hydrogens is 297 g/mol. The summed E-state index contributed by atoms with van der Waals surface area (Å²) in [6.45, 7) is 6.85. The number of likely N-dealkylation sites (tertiary alicyclic amines) is 1. The van der Waals surface area contributed by atoms with Gasteiger partial charge in [0.25, 0.3) is 0 Å². The van der Waals surface area contributed by atoms with Crippen LogP contribution in [0.25, 0.3) is 0 Å². The molecule has 0 bridgehead atoms. The van der Waals surface area contributed by atoms with Crippen molar-refractivity contribution in [2.45, 2.75) is 39.3 Å². The molecular formula is C17H26FN3O2. The quantitative estimate of drug-likeness (QED) is 0.899. The van der Waals surface area contributed by atoms with Crippen molar-refractivity contribution in [3.63, 3.8) is 0 Å². The summed E-state index contributed by atoms with van der Waals surface area (Å²) in [6, 6.07) is 4.56.